The lowest BCUT2D eigenvalue weighted by Gasteiger charge is -2.26. The van der Waals surface area contributed by atoms with Gasteiger partial charge in [0.1, 0.15) is 11.5 Å². The highest BCUT2D eigenvalue weighted by molar-refractivity contribution is 5.92. The summed E-state index contributed by atoms with van der Waals surface area (Å²) in [5.41, 5.74) is 8.70. The maximum atomic E-state index is 11.6. The Labute approximate surface area is 233 Å². The molecule has 1 fully saturated rings. The molecule has 1 amide bonds. The van der Waals surface area contributed by atoms with Crippen LogP contribution in [0.3, 0.4) is 0 Å². The summed E-state index contributed by atoms with van der Waals surface area (Å²) in [6, 6.07) is 11.4. The Morgan fingerprint density at radius 3 is 2.73 bits per heavy atom. The van der Waals surface area contributed by atoms with Crippen molar-refractivity contribution in [2.24, 2.45) is 5.73 Å². The number of rotatable bonds is 11. The first-order valence-electron chi connectivity index (χ1n) is 13.2. The van der Waals surface area contributed by atoms with E-state index in [9.17, 15) is 4.79 Å². The summed E-state index contributed by atoms with van der Waals surface area (Å²) in [6.45, 7) is 4.07. The number of likely N-dealkylation sites (N-methyl/N-ethyl adjacent to an activating group) is 1. The van der Waals surface area contributed by atoms with Crippen molar-refractivity contribution >= 4 is 40.2 Å². The summed E-state index contributed by atoms with van der Waals surface area (Å²) in [5.74, 6) is 1.83. The summed E-state index contributed by atoms with van der Waals surface area (Å²) in [6.07, 6.45) is 9.02. The maximum absolute atomic E-state index is 11.6. The van der Waals surface area contributed by atoms with Crippen LogP contribution in [0.4, 0.5) is 17.3 Å². The van der Waals surface area contributed by atoms with E-state index in [0.29, 0.717) is 23.2 Å². The average Bonchev–Trinajstić information content (AvgIpc) is 3.64. The predicted molar refractivity (Wildman–Crippen MR) is 157 cm³/mol. The van der Waals surface area contributed by atoms with Crippen LogP contribution in [-0.2, 0) is 4.79 Å². The molecule has 3 heterocycles. The number of methoxy groups -OCH3 is 2. The van der Waals surface area contributed by atoms with Gasteiger partial charge in [0, 0.05) is 61.2 Å². The zero-order valence-electron chi connectivity index (χ0n) is 23.0. The van der Waals surface area contributed by atoms with Gasteiger partial charge in [0.05, 0.1) is 31.6 Å². The molecule has 1 saturated heterocycles. The smallest absolute Gasteiger partial charge is 0.241 e. The summed E-state index contributed by atoms with van der Waals surface area (Å²) < 4.78 is 12.8. The molecule has 5 rings (SSSR count). The van der Waals surface area contributed by atoms with Crippen LogP contribution in [0.5, 0.6) is 11.5 Å². The van der Waals surface area contributed by atoms with Gasteiger partial charge in [-0.05, 0) is 56.3 Å². The van der Waals surface area contributed by atoms with Crippen molar-refractivity contribution in [3.63, 3.8) is 0 Å². The fraction of sp³-hybridized carbons (Fsp3) is 0.310. The van der Waals surface area contributed by atoms with E-state index in [1.54, 1.807) is 43.4 Å². The third-order valence-corrected chi connectivity index (χ3v) is 7.02. The lowest BCUT2D eigenvalue weighted by Crippen LogP contribution is -2.31. The van der Waals surface area contributed by atoms with E-state index in [2.05, 4.69) is 25.2 Å². The van der Waals surface area contributed by atoms with Gasteiger partial charge in [-0.1, -0.05) is 0 Å². The average molecular weight is 543 g/mol. The number of aromatic nitrogens is 4. The fourth-order valence-electron chi connectivity index (χ4n) is 4.87. The Morgan fingerprint density at radius 1 is 1.15 bits per heavy atom. The molecule has 2 aromatic heterocycles. The van der Waals surface area contributed by atoms with Crippen molar-refractivity contribution in [1.82, 2.24) is 24.6 Å². The number of ether oxygens (including phenoxy) is 2. The largest absolute Gasteiger partial charge is 0.497 e. The second-order valence-corrected chi connectivity index (χ2v) is 9.66. The van der Waals surface area contributed by atoms with E-state index < -0.39 is 5.91 Å². The number of carbonyl (C=O) groups is 1. The number of nitrogens with two attached hydrogens (primary N) is 1. The first kappa shape index (κ1) is 26.9. The Kier molecular flexibility index (Phi) is 8.11. The zero-order chi connectivity index (χ0) is 28.1. The minimum Gasteiger partial charge on any atom is -0.497 e. The highest BCUT2D eigenvalue weighted by atomic mass is 16.5. The lowest BCUT2D eigenvalue weighted by atomic mass is 10.1. The van der Waals surface area contributed by atoms with E-state index in [-0.39, 0.29) is 0 Å². The van der Waals surface area contributed by atoms with Crippen molar-refractivity contribution in [2.45, 2.75) is 12.8 Å². The number of amides is 1. The van der Waals surface area contributed by atoms with Crippen LogP contribution >= 0.6 is 0 Å². The van der Waals surface area contributed by atoms with Crippen molar-refractivity contribution in [2.75, 3.05) is 57.7 Å². The second kappa shape index (κ2) is 12.0. The monoisotopic (exact) mass is 542 g/mol. The van der Waals surface area contributed by atoms with E-state index in [4.69, 9.17) is 20.2 Å². The van der Waals surface area contributed by atoms with Gasteiger partial charge >= 0.3 is 0 Å². The molecule has 0 saturated carbocycles. The third kappa shape index (κ3) is 5.99. The lowest BCUT2D eigenvalue weighted by molar-refractivity contribution is -0.113. The summed E-state index contributed by atoms with van der Waals surface area (Å²) in [4.78, 5) is 25.3. The van der Waals surface area contributed by atoms with Crippen LogP contribution in [0.2, 0.25) is 0 Å². The first-order valence-corrected chi connectivity index (χ1v) is 13.2. The van der Waals surface area contributed by atoms with E-state index in [1.807, 2.05) is 37.4 Å². The van der Waals surface area contributed by atoms with E-state index in [1.165, 1.54) is 18.9 Å². The number of fused-ring (bicyclic) bond motifs is 1. The van der Waals surface area contributed by atoms with Crippen molar-refractivity contribution < 1.29 is 14.3 Å². The van der Waals surface area contributed by atoms with Crippen LogP contribution in [0, 0.1) is 0 Å². The molecule has 0 bridgehead atoms. The normalized spacial score (nSPS) is 13.7. The zero-order valence-corrected chi connectivity index (χ0v) is 23.0. The van der Waals surface area contributed by atoms with Gasteiger partial charge in [0.25, 0.3) is 0 Å². The third-order valence-electron chi connectivity index (χ3n) is 7.02. The van der Waals surface area contributed by atoms with E-state index >= 15 is 0 Å². The topological polar surface area (TPSA) is 124 Å². The molecule has 3 N–H and O–H groups in total. The van der Waals surface area contributed by atoms with Gasteiger partial charge in [-0.15, -0.1) is 0 Å². The molecule has 4 aromatic rings. The molecule has 1 aliphatic heterocycles. The van der Waals surface area contributed by atoms with Crippen LogP contribution in [0.25, 0.3) is 22.8 Å². The predicted octanol–water partition coefficient (Wildman–Crippen LogP) is 3.61. The second-order valence-electron chi connectivity index (χ2n) is 9.66. The number of carbonyl (C=O) groups excluding carboxylic acids is 1. The van der Waals surface area contributed by atoms with Gasteiger partial charge in [-0.25, -0.2) is 9.67 Å². The number of anilines is 3. The number of hydrogen-bond acceptors (Lipinski definition) is 9. The molecule has 11 nitrogen and oxygen atoms in total. The molecule has 0 aliphatic carbocycles. The van der Waals surface area contributed by atoms with Gasteiger partial charge in [-0.2, -0.15) is 10.1 Å². The maximum Gasteiger partial charge on any atom is 0.241 e. The van der Waals surface area contributed by atoms with Gasteiger partial charge < -0.3 is 30.3 Å². The highest BCUT2D eigenvalue weighted by Gasteiger charge is 2.17. The molecule has 2 aromatic carbocycles. The van der Waals surface area contributed by atoms with E-state index in [0.717, 1.165) is 54.1 Å². The first-order chi connectivity index (χ1) is 19.4. The molecular weight excluding hydrogens is 508 g/mol. The fourth-order valence-corrected chi connectivity index (χ4v) is 4.87. The molecule has 11 heteroatoms. The molecule has 208 valence electrons. The summed E-state index contributed by atoms with van der Waals surface area (Å²) in [7, 11) is 5.29. The van der Waals surface area contributed by atoms with Gasteiger partial charge in [0.2, 0.25) is 11.9 Å². The number of benzene rings is 2. The molecule has 0 atom stereocenters. The number of nitrogens with one attached hydrogen (secondary N) is 1. The highest BCUT2D eigenvalue weighted by Crippen LogP contribution is 2.35. The van der Waals surface area contributed by atoms with Crippen molar-refractivity contribution in [3.05, 3.63) is 60.4 Å². The summed E-state index contributed by atoms with van der Waals surface area (Å²) >= 11 is 0. The minimum atomic E-state index is -0.517. The Bertz CT molecular complexity index is 1530. The van der Waals surface area contributed by atoms with Gasteiger partial charge in [0.15, 0.2) is 5.82 Å². The van der Waals surface area contributed by atoms with Crippen LogP contribution < -0.4 is 25.4 Å². The number of hydrogen-bond donors (Lipinski definition) is 2. The molecule has 0 spiro atoms. The standard InChI is InChI=1S/C29H34N8O3/c1-35(14-15-36-12-4-5-13-36)25-18-26(40-3)23(17-20(25)6-9-27(30)38)33-29-31-11-10-28(34-29)37-24-8-7-22(39-2)16-21(24)19-32-37/h6-11,16-19H,4-5,12-15H2,1-3H3,(H2,30,38)(H,31,33,34). The van der Waals surface area contributed by atoms with Crippen LogP contribution in [-0.4, -0.2) is 78.0 Å². The molecular formula is C29H34N8O3. The Morgan fingerprint density at radius 2 is 1.98 bits per heavy atom. The van der Waals surface area contributed by atoms with Gasteiger partial charge in [-0.3, -0.25) is 4.79 Å². The SMILES string of the molecule is COc1ccc2c(cnn2-c2ccnc(Nc3cc(C=CC(N)=O)c(N(C)CCN4CCCC4)cc3OC)n2)c1. The summed E-state index contributed by atoms with van der Waals surface area (Å²) in [5, 5.41) is 8.72. The van der Waals surface area contributed by atoms with Crippen LogP contribution in [0.15, 0.2) is 54.9 Å². The molecule has 0 unspecified atom stereocenters. The Balaban J connectivity index is 1.44. The number of likely N-dealkylation sites (tertiary alicyclic amines) is 1. The quantitative estimate of drug-likeness (QED) is 0.274. The number of nitrogens with zero attached hydrogens (tertiary/aromatic N) is 6. The van der Waals surface area contributed by atoms with Crippen molar-refractivity contribution in [1.29, 1.82) is 0 Å². The molecule has 1 aliphatic rings. The Hall–Kier alpha value is -4.64. The van der Waals surface area contributed by atoms with Crippen LogP contribution in [0.1, 0.15) is 18.4 Å². The number of primary amides is 1. The molecule has 0 radical (unpaired) electrons. The minimum absolute atomic E-state index is 0.368. The van der Waals surface area contributed by atoms with Crippen molar-refractivity contribution in [3.8, 4) is 17.3 Å². The molecule has 40 heavy (non-hydrogen) atoms.